The molecule has 0 unspecified atom stereocenters. The van der Waals surface area contributed by atoms with Gasteiger partial charge in [0.2, 0.25) is 15.9 Å². The number of nitrogens with zero attached hydrogens (tertiary/aromatic N) is 1. The maximum atomic E-state index is 14.1. The largest absolute Gasteiger partial charge is 0.481 e. The Balaban J connectivity index is 1.86. The van der Waals surface area contributed by atoms with Crippen molar-refractivity contribution in [2.45, 2.75) is 55.7 Å². The van der Waals surface area contributed by atoms with E-state index in [1.807, 2.05) is 12.1 Å². The first-order valence-corrected chi connectivity index (χ1v) is 14.5. The van der Waals surface area contributed by atoms with Crippen LogP contribution in [0, 0.1) is 11.3 Å². The average molecular weight is 568 g/mol. The van der Waals surface area contributed by atoms with Crippen LogP contribution in [0.4, 0.5) is 0 Å². The lowest BCUT2D eigenvalue weighted by Gasteiger charge is -2.46. The predicted octanol–water partition coefficient (Wildman–Crippen LogP) is 5.03. The van der Waals surface area contributed by atoms with E-state index in [1.54, 1.807) is 43.3 Å². The number of nitrogens with one attached hydrogen (secondary N) is 1. The molecule has 0 aromatic heterocycles. The van der Waals surface area contributed by atoms with E-state index in [4.69, 9.17) is 23.2 Å². The summed E-state index contributed by atoms with van der Waals surface area (Å²) < 4.78 is 28.2. The molecule has 2 aromatic rings. The SMILES string of the molecule is CN(C)S(=O)(=O)[C@](C[C@@H]1NC(=O)[C@](C)(CC(=O)O)C[C@@H]1c1cccc(Cl)c1)(c1ccc(Cl)cc1)C1CC1. The molecule has 2 fully saturated rings. The minimum atomic E-state index is -3.86. The summed E-state index contributed by atoms with van der Waals surface area (Å²) >= 11 is 12.5. The molecule has 4 atom stereocenters. The molecular weight excluding hydrogens is 535 g/mol. The standard InChI is InChI=1S/C27H32Cl2N2O5S/c1-26(16-24(32)33)14-22(17-5-4-6-21(29)13-17)23(30-25(26)34)15-27(18-7-8-18,37(35,36)31(2)3)19-9-11-20(28)12-10-19/h4-6,9-13,18,22-23H,7-8,14-16H2,1-3H3,(H,30,34)(H,32,33)/t22-,23+,26+,27+/m1/s1. The van der Waals surface area contributed by atoms with Crippen molar-refractivity contribution < 1.29 is 23.1 Å². The van der Waals surface area contributed by atoms with Gasteiger partial charge in [0.15, 0.2) is 0 Å². The minimum absolute atomic E-state index is 0.131. The van der Waals surface area contributed by atoms with E-state index in [2.05, 4.69) is 5.32 Å². The minimum Gasteiger partial charge on any atom is -0.481 e. The number of rotatable bonds is 9. The Morgan fingerprint density at radius 3 is 2.32 bits per heavy atom. The van der Waals surface area contributed by atoms with E-state index in [0.717, 1.165) is 18.4 Å². The molecule has 1 heterocycles. The van der Waals surface area contributed by atoms with Crippen molar-refractivity contribution in [3.05, 3.63) is 69.7 Å². The van der Waals surface area contributed by atoms with Gasteiger partial charge in [-0.2, -0.15) is 0 Å². The van der Waals surface area contributed by atoms with Gasteiger partial charge in [-0.05, 0) is 67.0 Å². The molecule has 1 saturated carbocycles. The molecule has 10 heteroatoms. The zero-order chi connectivity index (χ0) is 27.2. The molecule has 7 nitrogen and oxygen atoms in total. The molecule has 37 heavy (non-hydrogen) atoms. The van der Waals surface area contributed by atoms with Gasteiger partial charge in [0.25, 0.3) is 0 Å². The highest BCUT2D eigenvalue weighted by molar-refractivity contribution is 7.90. The number of carbonyl (C=O) groups excluding carboxylic acids is 1. The first kappa shape index (κ1) is 27.9. The number of carbonyl (C=O) groups is 2. The number of hydrogen-bond donors (Lipinski definition) is 2. The van der Waals surface area contributed by atoms with E-state index < -0.39 is 32.2 Å². The van der Waals surface area contributed by atoms with Crippen LogP contribution in [-0.4, -0.2) is 49.8 Å². The number of aliphatic carboxylic acids is 1. The lowest BCUT2D eigenvalue weighted by Crippen LogP contribution is -2.57. The van der Waals surface area contributed by atoms with Crippen molar-refractivity contribution in [1.82, 2.24) is 9.62 Å². The second kappa shape index (κ2) is 10.2. The molecule has 1 aliphatic heterocycles. The normalized spacial score (nSPS) is 25.9. The summed E-state index contributed by atoms with van der Waals surface area (Å²) in [5.41, 5.74) is 0.307. The Morgan fingerprint density at radius 1 is 1.14 bits per heavy atom. The lowest BCUT2D eigenvalue weighted by atomic mass is 9.67. The number of amides is 1. The van der Waals surface area contributed by atoms with Gasteiger partial charge in [0.05, 0.1) is 11.8 Å². The molecule has 0 spiro atoms. The fourth-order valence-corrected chi connectivity index (χ4v) is 8.31. The van der Waals surface area contributed by atoms with Crippen molar-refractivity contribution in [2.24, 2.45) is 11.3 Å². The summed E-state index contributed by atoms with van der Waals surface area (Å²) in [6.45, 7) is 1.65. The number of carboxylic acid groups (broad SMARTS) is 1. The Labute approximate surface area is 228 Å². The molecule has 4 rings (SSSR count). The van der Waals surface area contributed by atoms with Crippen LogP contribution in [0.25, 0.3) is 0 Å². The highest BCUT2D eigenvalue weighted by Crippen LogP contribution is 2.56. The topological polar surface area (TPSA) is 104 Å². The Bertz CT molecular complexity index is 1300. The smallest absolute Gasteiger partial charge is 0.304 e. The zero-order valence-corrected chi connectivity index (χ0v) is 23.4. The molecule has 1 amide bonds. The molecule has 2 aliphatic rings. The van der Waals surface area contributed by atoms with Gasteiger partial charge < -0.3 is 10.4 Å². The van der Waals surface area contributed by atoms with Gasteiger partial charge >= 0.3 is 5.97 Å². The summed E-state index contributed by atoms with van der Waals surface area (Å²) in [5, 5.41) is 13.6. The number of hydrogen-bond acceptors (Lipinski definition) is 4. The number of sulfonamides is 1. The van der Waals surface area contributed by atoms with Crippen LogP contribution in [-0.2, 0) is 24.4 Å². The van der Waals surface area contributed by atoms with Crippen molar-refractivity contribution in [1.29, 1.82) is 0 Å². The van der Waals surface area contributed by atoms with Crippen LogP contribution in [0.1, 0.15) is 56.1 Å². The van der Waals surface area contributed by atoms with Crippen LogP contribution in [0.2, 0.25) is 10.0 Å². The molecule has 0 radical (unpaired) electrons. The van der Waals surface area contributed by atoms with E-state index in [0.29, 0.717) is 15.6 Å². The van der Waals surface area contributed by atoms with Crippen LogP contribution < -0.4 is 5.32 Å². The van der Waals surface area contributed by atoms with E-state index in [9.17, 15) is 23.1 Å². The van der Waals surface area contributed by atoms with Crippen LogP contribution >= 0.6 is 23.2 Å². The first-order chi connectivity index (χ1) is 17.3. The summed E-state index contributed by atoms with van der Waals surface area (Å²) in [4.78, 5) is 25.0. The second-order valence-electron chi connectivity index (χ2n) is 10.7. The summed E-state index contributed by atoms with van der Waals surface area (Å²) in [5.74, 6) is -1.93. The van der Waals surface area contributed by atoms with Crippen molar-refractivity contribution in [3.8, 4) is 0 Å². The molecular formula is C27H32Cl2N2O5S. The molecule has 2 aromatic carbocycles. The van der Waals surface area contributed by atoms with Crippen LogP contribution in [0.3, 0.4) is 0 Å². The van der Waals surface area contributed by atoms with Crippen LogP contribution in [0.5, 0.6) is 0 Å². The molecule has 1 aliphatic carbocycles. The maximum Gasteiger partial charge on any atom is 0.304 e. The predicted molar refractivity (Wildman–Crippen MR) is 144 cm³/mol. The summed E-state index contributed by atoms with van der Waals surface area (Å²) in [7, 11) is -0.807. The Kier molecular flexibility index (Phi) is 7.70. The quantitative estimate of drug-likeness (QED) is 0.442. The van der Waals surface area contributed by atoms with E-state index in [1.165, 1.54) is 18.4 Å². The summed E-state index contributed by atoms with van der Waals surface area (Å²) in [6.07, 6.45) is 1.54. The van der Waals surface area contributed by atoms with Crippen LogP contribution in [0.15, 0.2) is 48.5 Å². The third kappa shape index (κ3) is 5.26. The van der Waals surface area contributed by atoms with Gasteiger partial charge in [-0.1, -0.05) is 54.4 Å². The van der Waals surface area contributed by atoms with Gasteiger partial charge in [-0.15, -0.1) is 0 Å². The van der Waals surface area contributed by atoms with Crippen molar-refractivity contribution in [3.63, 3.8) is 0 Å². The fourth-order valence-electron chi connectivity index (χ4n) is 5.85. The Morgan fingerprint density at radius 2 is 1.78 bits per heavy atom. The highest BCUT2D eigenvalue weighted by atomic mass is 35.5. The lowest BCUT2D eigenvalue weighted by molar-refractivity contribution is -0.147. The number of carboxylic acids is 1. The Hall–Kier alpha value is -2.13. The van der Waals surface area contributed by atoms with Gasteiger partial charge in [-0.3, -0.25) is 9.59 Å². The third-order valence-electron chi connectivity index (χ3n) is 7.87. The van der Waals surface area contributed by atoms with E-state index in [-0.39, 0.29) is 37.0 Å². The molecule has 2 N–H and O–H groups in total. The number of benzene rings is 2. The molecule has 1 saturated heterocycles. The van der Waals surface area contributed by atoms with Crippen molar-refractivity contribution in [2.75, 3.05) is 14.1 Å². The van der Waals surface area contributed by atoms with E-state index >= 15 is 0 Å². The highest BCUT2D eigenvalue weighted by Gasteiger charge is 2.59. The maximum absolute atomic E-state index is 14.1. The van der Waals surface area contributed by atoms with Gasteiger partial charge in [-0.25, -0.2) is 12.7 Å². The summed E-state index contributed by atoms with van der Waals surface area (Å²) in [6, 6.07) is 13.6. The zero-order valence-electron chi connectivity index (χ0n) is 21.1. The van der Waals surface area contributed by atoms with Gasteiger partial charge in [0, 0.05) is 36.1 Å². The molecule has 200 valence electrons. The fraction of sp³-hybridized carbons (Fsp3) is 0.481. The number of halogens is 2. The number of piperidine rings is 1. The monoisotopic (exact) mass is 566 g/mol. The van der Waals surface area contributed by atoms with Gasteiger partial charge in [0.1, 0.15) is 4.75 Å². The first-order valence-electron chi connectivity index (χ1n) is 12.3. The molecule has 0 bridgehead atoms. The van der Waals surface area contributed by atoms with Crippen molar-refractivity contribution >= 4 is 45.1 Å². The second-order valence-corrected chi connectivity index (χ2v) is 14.0. The average Bonchev–Trinajstić information content (AvgIpc) is 3.65. The third-order valence-corrected chi connectivity index (χ3v) is 11.0.